The molecule has 0 unspecified atom stereocenters. The van der Waals surface area contributed by atoms with Gasteiger partial charge in [0.1, 0.15) is 22.4 Å². The van der Waals surface area contributed by atoms with Gasteiger partial charge in [0.2, 0.25) is 0 Å². The van der Waals surface area contributed by atoms with Crippen LogP contribution in [0.2, 0.25) is 0 Å². The van der Waals surface area contributed by atoms with E-state index >= 15 is 0 Å². The molecule has 1 amide bonds. The van der Waals surface area contributed by atoms with Gasteiger partial charge < -0.3 is 14.2 Å². The molecule has 25 heavy (non-hydrogen) atoms. The number of carbonyl (C=O) groups is 2. The van der Waals surface area contributed by atoms with Crippen LogP contribution in [0.1, 0.15) is 19.4 Å². The number of thiocarbonyl (C=S) groups is 1. The Kier molecular flexibility index (Phi) is 6.83. The number of thioether (sulfide) groups is 1. The van der Waals surface area contributed by atoms with E-state index in [1.54, 1.807) is 12.1 Å². The van der Waals surface area contributed by atoms with E-state index in [9.17, 15) is 9.59 Å². The van der Waals surface area contributed by atoms with Gasteiger partial charge in [-0.05, 0) is 32.1 Å². The number of hydrogen-bond donors (Lipinski definition) is 0. The molecule has 0 radical (unpaired) electrons. The minimum atomic E-state index is -0.520. The van der Waals surface area contributed by atoms with Gasteiger partial charge in [0.25, 0.3) is 5.91 Å². The average Bonchev–Trinajstić information content (AvgIpc) is 2.85. The zero-order valence-electron chi connectivity index (χ0n) is 14.2. The maximum Gasteiger partial charge on any atom is 0.325 e. The highest BCUT2D eigenvalue weighted by Gasteiger charge is 2.33. The maximum absolute atomic E-state index is 12.5. The highest BCUT2D eigenvalue weighted by Crippen LogP contribution is 2.35. The number of nitrogens with zero attached hydrogens (tertiary/aromatic N) is 1. The zero-order valence-corrected chi connectivity index (χ0v) is 15.9. The Morgan fingerprint density at radius 3 is 2.64 bits per heavy atom. The number of rotatable bonds is 7. The number of methoxy groups -OCH3 is 1. The number of carbonyl (C=O) groups excluding carboxylic acids is 2. The standard InChI is InChI=1S/C17H19NO5S2/c1-4-22-12-7-6-11(13(9-12)23-5-2)8-14-16(20)18(17(24)25-14)10-15(19)21-3/h6-9H,4-5,10H2,1-3H3/b14-8-. The molecule has 6 nitrogen and oxygen atoms in total. The molecule has 1 aliphatic heterocycles. The Balaban J connectivity index is 2.29. The monoisotopic (exact) mass is 381 g/mol. The van der Waals surface area contributed by atoms with Crippen LogP contribution in [-0.2, 0) is 14.3 Å². The predicted octanol–water partition coefficient (Wildman–Crippen LogP) is 2.86. The van der Waals surface area contributed by atoms with E-state index in [4.69, 9.17) is 21.7 Å². The van der Waals surface area contributed by atoms with Crippen LogP contribution in [-0.4, -0.2) is 48.0 Å². The van der Waals surface area contributed by atoms with Crippen molar-refractivity contribution in [3.05, 3.63) is 28.7 Å². The minimum Gasteiger partial charge on any atom is -0.494 e. The first kappa shape index (κ1) is 19.3. The maximum atomic E-state index is 12.5. The second-order valence-electron chi connectivity index (χ2n) is 4.91. The summed E-state index contributed by atoms with van der Waals surface area (Å²) in [7, 11) is 1.27. The third-order valence-electron chi connectivity index (χ3n) is 3.27. The average molecular weight is 381 g/mol. The Morgan fingerprint density at radius 1 is 1.28 bits per heavy atom. The molecule has 0 atom stereocenters. The van der Waals surface area contributed by atoms with Gasteiger partial charge in [-0.2, -0.15) is 0 Å². The van der Waals surface area contributed by atoms with Gasteiger partial charge in [0, 0.05) is 11.6 Å². The first-order chi connectivity index (χ1) is 12.0. The summed E-state index contributed by atoms with van der Waals surface area (Å²) in [6.45, 7) is 4.63. The quantitative estimate of drug-likeness (QED) is 0.409. The van der Waals surface area contributed by atoms with Crippen molar-refractivity contribution in [2.45, 2.75) is 13.8 Å². The molecular weight excluding hydrogens is 362 g/mol. The Labute approximate surface area is 156 Å². The van der Waals surface area contributed by atoms with Gasteiger partial charge in [-0.15, -0.1) is 0 Å². The van der Waals surface area contributed by atoms with Crippen LogP contribution >= 0.6 is 24.0 Å². The van der Waals surface area contributed by atoms with Crippen LogP contribution in [0.3, 0.4) is 0 Å². The zero-order chi connectivity index (χ0) is 18.4. The van der Waals surface area contributed by atoms with E-state index in [-0.39, 0.29) is 12.5 Å². The van der Waals surface area contributed by atoms with Crippen LogP contribution in [0.5, 0.6) is 11.5 Å². The fourth-order valence-electron chi connectivity index (χ4n) is 2.14. The van der Waals surface area contributed by atoms with Crippen molar-refractivity contribution in [2.24, 2.45) is 0 Å². The molecule has 2 rings (SSSR count). The first-order valence-corrected chi connectivity index (χ1v) is 8.94. The molecule has 1 aliphatic rings. The second-order valence-corrected chi connectivity index (χ2v) is 6.59. The molecule has 0 N–H and O–H groups in total. The van der Waals surface area contributed by atoms with Crippen LogP contribution in [0, 0.1) is 0 Å². The third kappa shape index (κ3) is 4.73. The summed E-state index contributed by atoms with van der Waals surface area (Å²) in [5.41, 5.74) is 0.740. The van der Waals surface area contributed by atoms with Crippen molar-refractivity contribution in [3.63, 3.8) is 0 Å². The molecule has 1 fully saturated rings. The molecule has 8 heteroatoms. The first-order valence-electron chi connectivity index (χ1n) is 7.72. The molecule has 134 valence electrons. The number of amides is 1. The van der Waals surface area contributed by atoms with Crippen LogP contribution in [0.4, 0.5) is 0 Å². The number of hydrogen-bond acceptors (Lipinski definition) is 7. The van der Waals surface area contributed by atoms with Gasteiger partial charge in [0.15, 0.2) is 0 Å². The number of ether oxygens (including phenoxy) is 3. The lowest BCUT2D eigenvalue weighted by molar-refractivity contribution is -0.143. The SMILES string of the molecule is CCOc1ccc(/C=C2\SC(=S)N(CC(=O)OC)C2=O)c(OCC)c1. The van der Waals surface area contributed by atoms with Crippen molar-refractivity contribution in [1.82, 2.24) is 4.90 Å². The van der Waals surface area contributed by atoms with Crippen molar-refractivity contribution in [3.8, 4) is 11.5 Å². The summed E-state index contributed by atoms with van der Waals surface area (Å²) >= 11 is 6.33. The molecule has 0 bridgehead atoms. The highest BCUT2D eigenvalue weighted by molar-refractivity contribution is 8.26. The summed E-state index contributed by atoms with van der Waals surface area (Å²) in [4.78, 5) is 25.6. The predicted molar refractivity (Wildman–Crippen MR) is 101 cm³/mol. The Hall–Kier alpha value is -2.06. The second kappa shape index (κ2) is 8.87. The van der Waals surface area contributed by atoms with Crippen LogP contribution < -0.4 is 9.47 Å². The van der Waals surface area contributed by atoms with Crippen LogP contribution in [0.25, 0.3) is 6.08 Å². The summed E-state index contributed by atoms with van der Waals surface area (Å²) in [6, 6.07) is 5.42. The lowest BCUT2D eigenvalue weighted by Crippen LogP contribution is -2.33. The lowest BCUT2D eigenvalue weighted by Gasteiger charge is -2.12. The fraction of sp³-hybridized carbons (Fsp3) is 0.353. The van der Waals surface area contributed by atoms with E-state index in [1.165, 1.54) is 12.0 Å². The van der Waals surface area contributed by atoms with E-state index in [0.717, 1.165) is 17.3 Å². The summed E-state index contributed by atoms with van der Waals surface area (Å²) in [6.07, 6.45) is 1.71. The van der Waals surface area contributed by atoms with Crippen molar-refractivity contribution < 1.29 is 23.8 Å². The molecule has 0 aliphatic carbocycles. The highest BCUT2D eigenvalue weighted by atomic mass is 32.2. The Morgan fingerprint density at radius 2 is 2.00 bits per heavy atom. The van der Waals surface area contributed by atoms with E-state index in [1.807, 2.05) is 26.0 Å². The molecule has 1 aromatic rings. The fourth-order valence-corrected chi connectivity index (χ4v) is 3.39. The van der Waals surface area contributed by atoms with Crippen molar-refractivity contribution in [2.75, 3.05) is 26.9 Å². The summed E-state index contributed by atoms with van der Waals surface area (Å²) in [5.74, 6) is 0.471. The molecule has 0 saturated carbocycles. The topological polar surface area (TPSA) is 65.1 Å². The van der Waals surface area contributed by atoms with E-state index < -0.39 is 5.97 Å². The van der Waals surface area contributed by atoms with Crippen molar-refractivity contribution in [1.29, 1.82) is 0 Å². The smallest absolute Gasteiger partial charge is 0.325 e. The summed E-state index contributed by atoms with van der Waals surface area (Å²) in [5, 5.41) is 0. The van der Waals surface area contributed by atoms with Gasteiger partial charge in [-0.25, -0.2) is 0 Å². The minimum absolute atomic E-state index is 0.194. The normalized spacial score (nSPS) is 15.6. The van der Waals surface area contributed by atoms with Gasteiger partial charge in [0.05, 0.1) is 25.2 Å². The van der Waals surface area contributed by atoms with Gasteiger partial charge >= 0.3 is 5.97 Å². The molecule has 1 aromatic carbocycles. The lowest BCUT2D eigenvalue weighted by atomic mass is 10.1. The van der Waals surface area contributed by atoms with E-state index in [0.29, 0.717) is 33.9 Å². The largest absolute Gasteiger partial charge is 0.494 e. The Bertz CT molecular complexity index is 717. The van der Waals surface area contributed by atoms with Crippen molar-refractivity contribution >= 4 is 46.3 Å². The molecule has 0 spiro atoms. The van der Waals surface area contributed by atoms with Gasteiger partial charge in [-0.3, -0.25) is 14.5 Å². The molecule has 0 aromatic heterocycles. The van der Waals surface area contributed by atoms with Gasteiger partial charge in [-0.1, -0.05) is 24.0 Å². The molecule has 1 heterocycles. The molecular formula is C17H19NO5S2. The number of benzene rings is 1. The van der Waals surface area contributed by atoms with Crippen LogP contribution in [0.15, 0.2) is 23.1 Å². The number of esters is 1. The summed E-state index contributed by atoms with van der Waals surface area (Å²) < 4.78 is 16.0. The third-order valence-corrected chi connectivity index (χ3v) is 4.65. The van der Waals surface area contributed by atoms with E-state index in [2.05, 4.69) is 4.74 Å². The molecule has 1 saturated heterocycles.